The van der Waals surface area contributed by atoms with Gasteiger partial charge in [0.1, 0.15) is 11.7 Å². The molecule has 2 N–H and O–H groups in total. The zero-order chi connectivity index (χ0) is 17.6. The summed E-state index contributed by atoms with van der Waals surface area (Å²) < 4.78 is 5.75. The van der Waals surface area contributed by atoms with Crippen LogP contribution in [0.5, 0.6) is 5.75 Å². The number of aromatic amines is 1. The van der Waals surface area contributed by atoms with Crippen molar-refractivity contribution >= 4 is 10.9 Å². The molecule has 0 spiro atoms. The van der Waals surface area contributed by atoms with Crippen LogP contribution in [0.3, 0.4) is 0 Å². The van der Waals surface area contributed by atoms with Gasteiger partial charge in [-0.2, -0.15) is 0 Å². The molecule has 1 unspecified atom stereocenters. The smallest absolute Gasteiger partial charge is 0.317 e. The van der Waals surface area contributed by atoms with Gasteiger partial charge in [-0.15, -0.1) is 0 Å². The lowest BCUT2D eigenvalue weighted by Crippen LogP contribution is -2.28. The fourth-order valence-corrected chi connectivity index (χ4v) is 3.58. The highest BCUT2D eigenvalue weighted by molar-refractivity contribution is 5.86. The Labute approximate surface area is 144 Å². The second-order valence-corrected chi connectivity index (χ2v) is 6.00. The van der Waals surface area contributed by atoms with E-state index in [2.05, 4.69) is 10.3 Å². The fourth-order valence-electron chi connectivity index (χ4n) is 3.58. The number of nitro groups is 1. The van der Waals surface area contributed by atoms with Crippen molar-refractivity contribution in [3.8, 4) is 5.75 Å². The fraction of sp³-hybridized carbons (Fsp3) is 0.158. The maximum Gasteiger partial charge on any atom is 0.317 e. The number of benzene rings is 2. The Morgan fingerprint density at radius 1 is 1.16 bits per heavy atom. The third-order valence-corrected chi connectivity index (χ3v) is 4.60. The molecular weight excluding hydrogens is 318 g/mol. The highest BCUT2D eigenvalue weighted by Crippen LogP contribution is 2.45. The van der Waals surface area contributed by atoms with Crippen LogP contribution in [0, 0.1) is 17.0 Å². The van der Waals surface area contributed by atoms with Crippen LogP contribution in [0.4, 0.5) is 0 Å². The molecule has 2 aromatic carbocycles. The summed E-state index contributed by atoms with van der Waals surface area (Å²) in [6, 6.07) is 15.3. The number of ether oxygens (including phenoxy) is 1. The minimum Gasteiger partial charge on any atom is -0.435 e. The van der Waals surface area contributed by atoms with E-state index in [9.17, 15) is 10.1 Å². The number of hydrogen-bond donors (Lipinski definition) is 2. The highest BCUT2D eigenvalue weighted by atomic mass is 16.6. The molecule has 1 aliphatic heterocycles. The monoisotopic (exact) mass is 335 g/mol. The number of H-pyrrole nitrogens is 1. The van der Waals surface area contributed by atoms with Gasteiger partial charge in [0, 0.05) is 29.2 Å². The molecule has 0 radical (unpaired) electrons. The number of aryl methyl sites for hydroxylation is 1. The lowest BCUT2D eigenvalue weighted by molar-refractivity contribution is -0.432. The van der Waals surface area contributed by atoms with Gasteiger partial charge in [0.15, 0.2) is 0 Å². The Kier molecular flexibility index (Phi) is 3.46. The first kappa shape index (κ1) is 15.3. The molecule has 6 nitrogen and oxygen atoms in total. The molecule has 25 heavy (non-hydrogen) atoms. The number of para-hydroxylation sites is 2. The van der Waals surface area contributed by atoms with Crippen LogP contribution in [0.25, 0.3) is 10.9 Å². The third-order valence-electron chi connectivity index (χ3n) is 4.60. The van der Waals surface area contributed by atoms with Gasteiger partial charge in [0.2, 0.25) is 0 Å². The Morgan fingerprint density at radius 3 is 2.64 bits per heavy atom. The molecule has 0 fully saturated rings. The highest BCUT2D eigenvalue weighted by Gasteiger charge is 2.41. The van der Waals surface area contributed by atoms with Crippen molar-refractivity contribution in [2.24, 2.45) is 0 Å². The molecule has 0 aliphatic carbocycles. The number of allylic oxidation sites excluding steroid dienone is 1. The molecule has 6 heteroatoms. The first-order valence-corrected chi connectivity index (χ1v) is 8.02. The van der Waals surface area contributed by atoms with E-state index < -0.39 is 5.92 Å². The SMILES string of the molecule is CNC1=C([N+](=O)[O-])C(c2c(C)[nH]c3ccccc23)c2ccccc2O1. The van der Waals surface area contributed by atoms with Crippen molar-refractivity contribution in [2.75, 3.05) is 7.05 Å². The molecular formula is C19H17N3O3. The van der Waals surface area contributed by atoms with E-state index in [1.807, 2.05) is 55.5 Å². The molecule has 126 valence electrons. The minimum atomic E-state index is -0.515. The van der Waals surface area contributed by atoms with E-state index >= 15 is 0 Å². The molecule has 3 aromatic rings. The van der Waals surface area contributed by atoms with Gasteiger partial charge in [-0.05, 0) is 24.6 Å². The van der Waals surface area contributed by atoms with Crippen molar-refractivity contribution in [1.29, 1.82) is 0 Å². The van der Waals surface area contributed by atoms with Crippen molar-refractivity contribution in [1.82, 2.24) is 10.3 Å². The molecule has 4 rings (SSSR count). The normalized spacial score (nSPS) is 16.5. The topological polar surface area (TPSA) is 80.2 Å². The summed E-state index contributed by atoms with van der Waals surface area (Å²) in [6.07, 6.45) is 0. The zero-order valence-electron chi connectivity index (χ0n) is 13.9. The number of nitrogens with zero attached hydrogens (tertiary/aromatic N) is 1. The average Bonchev–Trinajstić information content (AvgIpc) is 2.95. The second kappa shape index (κ2) is 5.66. The summed E-state index contributed by atoms with van der Waals surface area (Å²) in [5.74, 6) is 0.295. The summed E-state index contributed by atoms with van der Waals surface area (Å²) in [5.41, 5.74) is 3.60. The summed E-state index contributed by atoms with van der Waals surface area (Å²) in [4.78, 5) is 14.9. The van der Waals surface area contributed by atoms with Gasteiger partial charge in [0.25, 0.3) is 5.88 Å². The van der Waals surface area contributed by atoms with Crippen LogP contribution in [0.1, 0.15) is 22.7 Å². The summed E-state index contributed by atoms with van der Waals surface area (Å²) in [5, 5.41) is 15.7. The van der Waals surface area contributed by atoms with Crippen LogP contribution in [-0.4, -0.2) is 17.0 Å². The van der Waals surface area contributed by atoms with E-state index in [4.69, 9.17) is 4.74 Å². The van der Waals surface area contributed by atoms with Crippen LogP contribution < -0.4 is 10.1 Å². The van der Waals surface area contributed by atoms with E-state index in [0.717, 1.165) is 27.7 Å². The molecule has 0 saturated heterocycles. The molecule has 0 saturated carbocycles. The van der Waals surface area contributed by atoms with Crippen molar-refractivity contribution in [2.45, 2.75) is 12.8 Å². The average molecular weight is 335 g/mol. The van der Waals surface area contributed by atoms with E-state index in [1.54, 1.807) is 7.05 Å². The van der Waals surface area contributed by atoms with E-state index in [-0.39, 0.29) is 16.5 Å². The molecule has 2 heterocycles. The Bertz CT molecular complexity index is 1020. The first-order valence-electron chi connectivity index (χ1n) is 8.02. The summed E-state index contributed by atoms with van der Waals surface area (Å²) >= 11 is 0. The Hall–Kier alpha value is -3.28. The number of hydrogen-bond acceptors (Lipinski definition) is 4. The molecule has 0 bridgehead atoms. The minimum absolute atomic E-state index is 0.0223. The standard InChI is InChI=1S/C19H17N3O3/c1-11-16(12-7-3-5-9-14(12)21-11)17-13-8-4-6-10-15(13)25-19(20-2)18(17)22(23)24/h3-10,17,20-21H,1-2H3. The maximum absolute atomic E-state index is 11.9. The van der Waals surface area contributed by atoms with Crippen LogP contribution in [0.15, 0.2) is 60.1 Å². The lowest BCUT2D eigenvalue weighted by Gasteiger charge is -2.25. The molecule has 1 atom stereocenters. The van der Waals surface area contributed by atoms with Gasteiger partial charge in [-0.1, -0.05) is 36.4 Å². The molecule has 1 aliphatic rings. The van der Waals surface area contributed by atoms with Crippen molar-refractivity contribution < 1.29 is 9.66 Å². The van der Waals surface area contributed by atoms with Crippen molar-refractivity contribution in [3.05, 3.63) is 87.0 Å². The largest absolute Gasteiger partial charge is 0.435 e. The number of aromatic nitrogens is 1. The molecule has 1 aromatic heterocycles. The molecule has 0 amide bonds. The van der Waals surface area contributed by atoms with Crippen molar-refractivity contribution in [3.63, 3.8) is 0 Å². The van der Waals surface area contributed by atoms with E-state index in [1.165, 1.54) is 0 Å². The van der Waals surface area contributed by atoms with E-state index in [0.29, 0.717) is 5.75 Å². The predicted octanol–water partition coefficient (Wildman–Crippen LogP) is 3.67. The van der Waals surface area contributed by atoms with Crippen LogP contribution in [-0.2, 0) is 0 Å². The Morgan fingerprint density at radius 2 is 1.88 bits per heavy atom. The van der Waals surface area contributed by atoms with Crippen LogP contribution in [0.2, 0.25) is 0 Å². The number of fused-ring (bicyclic) bond motifs is 2. The number of nitrogens with one attached hydrogen (secondary N) is 2. The van der Waals surface area contributed by atoms with Gasteiger partial charge < -0.3 is 15.0 Å². The first-order chi connectivity index (χ1) is 12.1. The zero-order valence-corrected chi connectivity index (χ0v) is 13.9. The quantitative estimate of drug-likeness (QED) is 0.565. The lowest BCUT2D eigenvalue weighted by atomic mass is 9.85. The summed E-state index contributed by atoms with van der Waals surface area (Å²) in [7, 11) is 1.63. The summed E-state index contributed by atoms with van der Waals surface area (Å²) in [6.45, 7) is 1.95. The van der Waals surface area contributed by atoms with Gasteiger partial charge >= 0.3 is 5.70 Å². The van der Waals surface area contributed by atoms with Gasteiger partial charge in [-0.25, -0.2) is 0 Å². The number of rotatable bonds is 3. The van der Waals surface area contributed by atoms with Crippen LogP contribution >= 0.6 is 0 Å². The second-order valence-electron chi connectivity index (χ2n) is 6.00. The predicted molar refractivity (Wildman–Crippen MR) is 95.0 cm³/mol. The third kappa shape index (κ3) is 2.26. The maximum atomic E-state index is 11.9. The van der Waals surface area contributed by atoms with Gasteiger partial charge in [0.05, 0.1) is 4.92 Å². The van der Waals surface area contributed by atoms with Gasteiger partial charge in [-0.3, -0.25) is 10.1 Å². The Balaban J connectivity index is 2.07.